The molecule has 1 aliphatic rings. The highest BCUT2D eigenvalue weighted by atomic mass is 16.4. The molecule has 1 atom stereocenters. The number of benzene rings is 1. The molecule has 1 N–H and O–H groups in total. The van der Waals surface area contributed by atoms with Crippen molar-refractivity contribution in [3.05, 3.63) is 59.7 Å². The summed E-state index contributed by atoms with van der Waals surface area (Å²) in [6.07, 6.45) is 3.08. The Labute approximate surface area is 162 Å². The number of carbonyl (C=O) groups is 2. The van der Waals surface area contributed by atoms with E-state index in [2.05, 4.69) is 29.5 Å². The second-order valence-corrected chi connectivity index (χ2v) is 7.31. The van der Waals surface area contributed by atoms with Gasteiger partial charge in [0, 0.05) is 24.3 Å². The van der Waals surface area contributed by atoms with Crippen molar-refractivity contribution < 1.29 is 14.7 Å². The zero-order valence-electron chi connectivity index (χ0n) is 15.9. The number of para-hydroxylation sites is 2. The molecule has 0 bridgehead atoms. The van der Waals surface area contributed by atoms with Crippen LogP contribution in [0.3, 0.4) is 0 Å². The van der Waals surface area contributed by atoms with Gasteiger partial charge in [0.2, 0.25) is 0 Å². The average molecular weight is 378 g/mol. The highest BCUT2D eigenvalue weighted by Gasteiger charge is 2.34. The van der Waals surface area contributed by atoms with E-state index >= 15 is 0 Å². The highest BCUT2D eigenvalue weighted by molar-refractivity contribution is 5.97. The van der Waals surface area contributed by atoms with Crippen LogP contribution in [0.15, 0.2) is 42.6 Å². The lowest BCUT2D eigenvalue weighted by molar-refractivity contribution is 0.0690. The fraction of sp³-hybridized carbons (Fsp3) is 0.333. The molecule has 1 saturated heterocycles. The molecule has 1 amide bonds. The van der Waals surface area contributed by atoms with Gasteiger partial charge >= 0.3 is 5.97 Å². The maximum absolute atomic E-state index is 13.2. The first-order valence-corrected chi connectivity index (χ1v) is 9.44. The number of amides is 1. The molecular weight excluding hydrogens is 356 g/mol. The van der Waals surface area contributed by atoms with Crippen LogP contribution in [0.2, 0.25) is 0 Å². The molecule has 1 fully saturated rings. The maximum Gasteiger partial charge on any atom is 0.354 e. The van der Waals surface area contributed by atoms with Crippen LogP contribution in [0, 0.1) is 0 Å². The van der Waals surface area contributed by atoms with Crippen molar-refractivity contribution in [1.29, 1.82) is 0 Å². The molecule has 3 heterocycles. The molecule has 0 spiro atoms. The van der Waals surface area contributed by atoms with Crippen LogP contribution in [0.25, 0.3) is 11.0 Å². The minimum absolute atomic E-state index is 0.129. The van der Waals surface area contributed by atoms with E-state index in [-0.39, 0.29) is 23.7 Å². The van der Waals surface area contributed by atoms with E-state index in [1.807, 2.05) is 18.2 Å². The predicted molar refractivity (Wildman–Crippen MR) is 104 cm³/mol. The molecule has 0 aliphatic carbocycles. The van der Waals surface area contributed by atoms with Crippen molar-refractivity contribution in [3.63, 3.8) is 0 Å². The topological polar surface area (TPSA) is 88.3 Å². The zero-order chi connectivity index (χ0) is 19.8. The van der Waals surface area contributed by atoms with Gasteiger partial charge < -0.3 is 14.6 Å². The normalized spacial score (nSPS) is 16.8. The number of fused-ring (bicyclic) bond motifs is 1. The maximum atomic E-state index is 13.2. The number of carboxylic acid groups (broad SMARTS) is 1. The lowest BCUT2D eigenvalue weighted by Crippen LogP contribution is -2.32. The number of nitrogens with zero attached hydrogens (tertiary/aromatic N) is 4. The first-order chi connectivity index (χ1) is 13.5. The number of aromatic nitrogens is 3. The van der Waals surface area contributed by atoms with Crippen molar-refractivity contribution in [1.82, 2.24) is 19.4 Å². The molecule has 28 heavy (non-hydrogen) atoms. The summed E-state index contributed by atoms with van der Waals surface area (Å²) in [5, 5.41) is 9.16. The van der Waals surface area contributed by atoms with Crippen LogP contribution in [-0.4, -0.2) is 43.0 Å². The molecular formula is C21H22N4O3. The summed E-state index contributed by atoms with van der Waals surface area (Å²) in [4.78, 5) is 34.8. The fourth-order valence-electron chi connectivity index (χ4n) is 3.97. The largest absolute Gasteiger partial charge is 0.477 e. The highest BCUT2D eigenvalue weighted by Crippen LogP contribution is 2.36. The van der Waals surface area contributed by atoms with Gasteiger partial charge in [-0.15, -0.1) is 0 Å². The third kappa shape index (κ3) is 3.02. The molecule has 1 aromatic carbocycles. The lowest BCUT2D eigenvalue weighted by Gasteiger charge is -2.26. The van der Waals surface area contributed by atoms with Gasteiger partial charge in [-0.1, -0.05) is 12.1 Å². The molecule has 2 aromatic heterocycles. The summed E-state index contributed by atoms with van der Waals surface area (Å²) in [5.74, 6) is -0.446. The van der Waals surface area contributed by atoms with Gasteiger partial charge in [-0.25, -0.2) is 14.8 Å². The molecule has 0 radical (unpaired) electrons. The quantitative estimate of drug-likeness (QED) is 0.748. The Morgan fingerprint density at radius 2 is 2.00 bits per heavy atom. The summed E-state index contributed by atoms with van der Waals surface area (Å²) in [6, 6.07) is 11.0. The number of imidazole rings is 1. The van der Waals surface area contributed by atoms with Gasteiger partial charge in [-0.3, -0.25) is 4.79 Å². The minimum atomic E-state index is -1.14. The molecule has 0 saturated carbocycles. The monoisotopic (exact) mass is 378 g/mol. The number of rotatable bonds is 4. The van der Waals surface area contributed by atoms with Crippen LogP contribution in [-0.2, 0) is 0 Å². The Bertz CT molecular complexity index is 1060. The van der Waals surface area contributed by atoms with Gasteiger partial charge in [-0.2, -0.15) is 0 Å². The standard InChI is InChI=1S/C21H22N4O3/c1-13(2)25-17-7-4-3-6-15(17)23-19(25)18-8-5-11-24(18)20(26)14-9-10-22-16(12-14)21(27)28/h3-4,6-7,9-10,12-13,18H,5,8,11H2,1-2H3,(H,27,28). The molecule has 4 rings (SSSR count). The number of carboxylic acids is 1. The van der Waals surface area contributed by atoms with Gasteiger partial charge in [0.15, 0.2) is 0 Å². The number of aromatic carboxylic acids is 1. The van der Waals surface area contributed by atoms with Crippen LogP contribution in [0.4, 0.5) is 0 Å². The van der Waals surface area contributed by atoms with E-state index in [9.17, 15) is 9.59 Å². The van der Waals surface area contributed by atoms with E-state index in [0.29, 0.717) is 12.1 Å². The summed E-state index contributed by atoms with van der Waals surface area (Å²) >= 11 is 0. The molecule has 1 aliphatic heterocycles. The minimum Gasteiger partial charge on any atom is -0.477 e. The third-order valence-corrected chi connectivity index (χ3v) is 5.18. The van der Waals surface area contributed by atoms with Gasteiger partial charge in [-0.05, 0) is 51.0 Å². The first kappa shape index (κ1) is 18.2. The van der Waals surface area contributed by atoms with Crippen LogP contribution >= 0.6 is 0 Å². The van der Waals surface area contributed by atoms with Crippen molar-refractivity contribution >= 4 is 22.9 Å². The van der Waals surface area contributed by atoms with E-state index in [4.69, 9.17) is 10.1 Å². The number of carbonyl (C=O) groups excluding carboxylic acids is 1. The summed E-state index contributed by atoms with van der Waals surface area (Å²) < 4.78 is 2.20. The van der Waals surface area contributed by atoms with Crippen molar-refractivity contribution in [2.24, 2.45) is 0 Å². The van der Waals surface area contributed by atoms with E-state index in [0.717, 1.165) is 29.7 Å². The van der Waals surface area contributed by atoms with Crippen molar-refractivity contribution in [2.75, 3.05) is 6.54 Å². The smallest absolute Gasteiger partial charge is 0.354 e. The first-order valence-electron chi connectivity index (χ1n) is 9.44. The number of hydrogen-bond donors (Lipinski definition) is 1. The number of hydrogen-bond acceptors (Lipinski definition) is 4. The Hall–Kier alpha value is -3.22. The van der Waals surface area contributed by atoms with Crippen LogP contribution in [0.1, 0.15) is 65.4 Å². The molecule has 7 heteroatoms. The van der Waals surface area contributed by atoms with Gasteiger partial charge in [0.25, 0.3) is 5.91 Å². The average Bonchev–Trinajstić information content (AvgIpc) is 3.31. The zero-order valence-corrected chi connectivity index (χ0v) is 15.9. The number of pyridine rings is 1. The summed E-state index contributed by atoms with van der Waals surface area (Å²) in [6.45, 7) is 4.84. The molecule has 144 valence electrons. The fourth-order valence-corrected chi connectivity index (χ4v) is 3.97. The SMILES string of the molecule is CC(C)n1c(C2CCCN2C(=O)c2ccnc(C(=O)O)c2)nc2ccccc21. The third-order valence-electron chi connectivity index (χ3n) is 5.18. The Balaban J connectivity index is 1.74. The Morgan fingerprint density at radius 1 is 1.21 bits per heavy atom. The van der Waals surface area contributed by atoms with E-state index in [1.165, 1.54) is 12.3 Å². The second-order valence-electron chi connectivity index (χ2n) is 7.31. The van der Waals surface area contributed by atoms with E-state index in [1.54, 1.807) is 11.0 Å². The van der Waals surface area contributed by atoms with Crippen molar-refractivity contribution in [3.8, 4) is 0 Å². The molecule has 7 nitrogen and oxygen atoms in total. The van der Waals surface area contributed by atoms with Gasteiger partial charge in [0.1, 0.15) is 11.5 Å². The molecule has 1 unspecified atom stereocenters. The number of likely N-dealkylation sites (tertiary alicyclic amines) is 1. The van der Waals surface area contributed by atoms with Crippen LogP contribution in [0.5, 0.6) is 0 Å². The molecule has 3 aromatic rings. The Morgan fingerprint density at radius 3 is 2.75 bits per heavy atom. The van der Waals surface area contributed by atoms with Crippen molar-refractivity contribution in [2.45, 2.75) is 38.8 Å². The van der Waals surface area contributed by atoms with Gasteiger partial charge in [0.05, 0.1) is 17.1 Å². The van der Waals surface area contributed by atoms with E-state index < -0.39 is 5.97 Å². The Kier molecular flexibility index (Phi) is 4.58. The lowest BCUT2D eigenvalue weighted by atomic mass is 10.1. The second kappa shape index (κ2) is 7.07. The predicted octanol–water partition coefficient (Wildman–Crippen LogP) is 3.69. The summed E-state index contributed by atoms with van der Waals surface area (Å²) in [7, 11) is 0. The summed E-state index contributed by atoms with van der Waals surface area (Å²) in [5.41, 5.74) is 2.19. The van der Waals surface area contributed by atoms with Crippen LogP contribution < -0.4 is 0 Å².